The summed E-state index contributed by atoms with van der Waals surface area (Å²) in [6, 6.07) is 4.73. The highest BCUT2D eigenvalue weighted by Crippen LogP contribution is 2.33. The molecule has 0 N–H and O–H groups in total. The van der Waals surface area contributed by atoms with Gasteiger partial charge >= 0.3 is 0 Å². The monoisotopic (exact) mass is 296 g/mol. The van der Waals surface area contributed by atoms with Crippen LogP contribution in [0.4, 0.5) is 4.39 Å². The number of hydrogen-bond donors (Lipinski definition) is 0. The van der Waals surface area contributed by atoms with Crippen molar-refractivity contribution in [1.29, 1.82) is 0 Å². The number of fused-ring (bicyclic) bond motifs is 1. The van der Waals surface area contributed by atoms with Crippen LogP contribution in [0.25, 0.3) is 11.0 Å². The topological polar surface area (TPSA) is 27.1 Å². The van der Waals surface area contributed by atoms with Gasteiger partial charge in [-0.1, -0.05) is 0 Å². The van der Waals surface area contributed by atoms with Crippen LogP contribution in [0.3, 0.4) is 0 Å². The summed E-state index contributed by atoms with van der Waals surface area (Å²) in [5.74, 6) is 1.17. The molecule has 1 atom stereocenters. The molecule has 20 heavy (non-hydrogen) atoms. The average Bonchev–Trinajstić information content (AvgIpc) is 2.78. The van der Waals surface area contributed by atoms with E-state index in [0.717, 1.165) is 36.3 Å². The van der Waals surface area contributed by atoms with Crippen LogP contribution in [0.2, 0.25) is 0 Å². The molecule has 0 saturated carbocycles. The van der Waals surface area contributed by atoms with Gasteiger partial charge in [0.05, 0.1) is 23.2 Å². The van der Waals surface area contributed by atoms with Crippen molar-refractivity contribution < 1.29 is 9.13 Å². The van der Waals surface area contributed by atoms with Crippen LogP contribution in [0.15, 0.2) is 18.2 Å². The van der Waals surface area contributed by atoms with Crippen LogP contribution in [0.5, 0.6) is 0 Å². The summed E-state index contributed by atoms with van der Waals surface area (Å²) in [5, 5.41) is 0. The lowest BCUT2D eigenvalue weighted by Crippen LogP contribution is -2.40. The molecule has 108 valence electrons. The van der Waals surface area contributed by atoms with E-state index in [-0.39, 0.29) is 11.4 Å². The van der Waals surface area contributed by atoms with Crippen molar-refractivity contribution in [1.82, 2.24) is 9.55 Å². The minimum Gasteiger partial charge on any atom is -0.379 e. The Bertz CT molecular complexity index is 620. The van der Waals surface area contributed by atoms with Crippen molar-refractivity contribution >= 4 is 22.6 Å². The highest BCUT2D eigenvalue weighted by molar-refractivity contribution is 6.17. The maximum atomic E-state index is 13.6. The molecular weight excluding hydrogens is 279 g/mol. The zero-order valence-corrected chi connectivity index (χ0v) is 12.3. The Morgan fingerprint density at radius 3 is 3.05 bits per heavy atom. The van der Waals surface area contributed by atoms with Crippen molar-refractivity contribution in [3.63, 3.8) is 0 Å². The molecule has 3 nitrogen and oxygen atoms in total. The second-order valence-electron chi connectivity index (χ2n) is 5.59. The first kappa shape index (κ1) is 13.8. The number of alkyl halides is 1. The van der Waals surface area contributed by atoms with Gasteiger partial charge in [0.15, 0.2) is 0 Å². The van der Waals surface area contributed by atoms with E-state index in [1.54, 1.807) is 12.1 Å². The summed E-state index contributed by atoms with van der Waals surface area (Å²) in [5.41, 5.74) is 1.47. The van der Waals surface area contributed by atoms with E-state index in [1.807, 2.05) is 0 Å². The van der Waals surface area contributed by atoms with Crippen LogP contribution < -0.4 is 0 Å². The molecule has 0 spiro atoms. The van der Waals surface area contributed by atoms with E-state index in [1.165, 1.54) is 6.07 Å². The van der Waals surface area contributed by atoms with Crippen molar-refractivity contribution in [3.05, 3.63) is 29.8 Å². The van der Waals surface area contributed by atoms with Crippen molar-refractivity contribution in [2.75, 3.05) is 19.1 Å². The zero-order chi connectivity index (χ0) is 14.2. The van der Waals surface area contributed by atoms with Gasteiger partial charge in [-0.2, -0.15) is 0 Å². The molecule has 0 radical (unpaired) electrons. The van der Waals surface area contributed by atoms with E-state index in [4.69, 9.17) is 16.3 Å². The molecule has 0 aliphatic carbocycles. The molecule has 0 amide bonds. The quantitative estimate of drug-likeness (QED) is 0.811. The number of nitrogens with zero attached hydrogens (tertiary/aromatic N) is 2. The minimum atomic E-state index is -0.239. The van der Waals surface area contributed by atoms with Crippen molar-refractivity contribution in [2.45, 2.75) is 31.7 Å². The molecule has 1 aromatic heterocycles. The Morgan fingerprint density at radius 2 is 2.35 bits per heavy atom. The molecule has 3 rings (SSSR count). The largest absolute Gasteiger partial charge is 0.379 e. The van der Waals surface area contributed by atoms with Gasteiger partial charge in [0.25, 0.3) is 0 Å². The first-order valence-electron chi connectivity index (χ1n) is 6.95. The van der Waals surface area contributed by atoms with Crippen LogP contribution in [-0.4, -0.2) is 28.6 Å². The SMILES string of the molecule is CC1(n2c(CCCl)nc3ccc(F)cc32)CCCOC1. The van der Waals surface area contributed by atoms with Gasteiger partial charge in [-0.3, -0.25) is 0 Å². The van der Waals surface area contributed by atoms with Crippen LogP contribution >= 0.6 is 11.6 Å². The fourth-order valence-corrected chi connectivity index (χ4v) is 3.22. The second kappa shape index (κ2) is 5.34. The van der Waals surface area contributed by atoms with Gasteiger partial charge in [-0.15, -0.1) is 11.6 Å². The van der Waals surface area contributed by atoms with Crippen LogP contribution in [-0.2, 0) is 16.7 Å². The number of ether oxygens (including phenoxy) is 1. The average molecular weight is 297 g/mol. The van der Waals surface area contributed by atoms with E-state index >= 15 is 0 Å². The van der Waals surface area contributed by atoms with Gasteiger partial charge < -0.3 is 9.30 Å². The Morgan fingerprint density at radius 1 is 1.50 bits per heavy atom. The summed E-state index contributed by atoms with van der Waals surface area (Å²) >= 11 is 5.89. The molecule has 5 heteroatoms. The Balaban J connectivity index is 2.19. The Kier molecular flexibility index (Phi) is 3.69. The first-order valence-corrected chi connectivity index (χ1v) is 7.48. The van der Waals surface area contributed by atoms with Crippen LogP contribution in [0.1, 0.15) is 25.6 Å². The highest BCUT2D eigenvalue weighted by atomic mass is 35.5. The Labute approximate surface area is 122 Å². The fourth-order valence-electron chi connectivity index (χ4n) is 3.05. The number of benzene rings is 1. The number of aryl methyl sites for hydroxylation is 1. The van der Waals surface area contributed by atoms with E-state index in [0.29, 0.717) is 18.9 Å². The second-order valence-corrected chi connectivity index (χ2v) is 5.97. The summed E-state index contributed by atoms with van der Waals surface area (Å²) in [6.45, 7) is 3.57. The van der Waals surface area contributed by atoms with Crippen LogP contribution in [0, 0.1) is 5.82 Å². The normalized spacial score (nSPS) is 23.4. The van der Waals surface area contributed by atoms with Gasteiger partial charge in [-0.05, 0) is 38.0 Å². The van der Waals surface area contributed by atoms with Gasteiger partial charge in [0.2, 0.25) is 0 Å². The van der Waals surface area contributed by atoms with Crippen molar-refractivity contribution in [2.24, 2.45) is 0 Å². The molecule has 1 aliphatic rings. The molecular formula is C15H18ClFN2O. The number of rotatable bonds is 3. The van der Waals surface area contributed by atoms with E-state index in [2.05, 4.69) is 16.5 Å². The molecule has 1 fully saturated rings. The summed E-state index contributed by atoms with van der Waals surface area (Å²) in [6.07, 6.45) is 2.68. The summed E-state index contributed by atoms with van der Waals surface area (Å²) in [7, 11) is 0. The third-order valence-corrected chi connectivity index (χ3v) is 4.15. The van der Waals surface area contributed by atoms with E-state index in [9.17, 15) is 4.39 Å². The first-order chi connectivity index (χ1) is 9.64. The molecule has 0 bridgehead atoms. The number of hydrogen-bond acceptors (Lipinski definition) is 2. The standard InChI is InChI=1S/C15H18ClFN2O/c1-15(6-2-8-20-10-15)19-13-9-11(17)3-4-12(13)18-14(19)5-7-16/h3-4,9H,2,5-8,10H2,1H3. The number of imidazole rings is 1. The van der Waals surface area contributed by atoms with Gasteiger partial charge in [0, 0.05) is 18.9 Å². The summed E-state index contributed by atoms with van der Waals surface area (Å²) < 4.78 is 21.4. The molecule has 1 aliphatic heterocycles. The molecule has 2 heterocycles. The molecule has 1 unspecified atom stereocenters. The smallest absolute Gasteiger partial charge is 0.125 e. The van der Waals surface area contributed by atoms with Crippen molar-refractivity contribution in [3.8, 4) is 0 Å². The molecule has 1 aromatic carbocycles. The third kappa shape index (κ3) is 2.31. The predicted octanol–water partition coefficient (Wildman–Crippen LogP) is 3.48. The van der Waals surface area contributed by atoms with E-state index < -0.39 is 0 Å². The molecule has 2 aromatic rings. The lowest BCUT2D eigenvalue weighted by Gasteiger charge is -2.36. The maximum Gasteiger partial charge on any atom is 0.125 e. The highest BCUT2D eigenvalue weighted by Gasteiger charge is 2.33. The lowest BCUT2D eigenvalue weighted by atomic mass is 9.94. The Hall–Kier alpha value is -1.13. The summed E-state index contributed by atoms with van der Waals surface area (Å²) in [4.78, 5) is 4.62. The number of aromatic nitrogens is 2. The van der Waals surface area contributed by atoms with Gasteiger partial charge in [0.1, 0.15) is 11.6 Å². The fraction of sp³-hybridized carbons (Fsp3) is 0.533. The zero-order valence-electron chi connectivity index (χ0n) is 11.5. The lowest BCUT2D eigenvalue weighted by molar-refractivity contribution is 0.0102. The third-order valence-electron chi connectivity index (χ3n) is 3.96. The maximum absolute atomic E-state index is 13.6. The van der Waals surface area contributed by atoms with Gasteiger partial charge in [-0.25, -0.2) is 9.37 Å². The minimum absolute atomic E-state index is 0.178. The predicted molar refractivity (Wildman–Crippen MR) is 77.8 cm³/mol. The number of halogens is 2. The molecule has 1 saturated heterocycles.